The molecule has 0 aromatic heterocycles. The Labute approximate surface area is 55.3 Å². The van der Waals surface area contributed by atoms with Gasteiger partial charge in [0.05, 0.1) is 0 Å². The molecule has 0 heterocycles. The number of hydrogen-bond donors (Lipinski definition) is 0. The average Bonchev–Trinajstić information content (AvgIpc) is 1.69. The van der Waals surface area contributed by atoms with Gasteiger partial charge in [0.2, 0.25) is 0 Å². The van der Waals surface area contributed by atoms with Crippen LogP contribution in [0.5, 0.6) is 0 Å². The molecule has 0 fully saturated rings. The van der Waals surface area contributed by atoms with Gasteiger partial charge < -0.3 is 0 Å². The quantitative estimate of drug-likeness (QED) is 0.520. The summed E-state index contributed by atoms with van der Waals surface area (Å²) in [5.74, 6) is 0. The van der Waals surface area contributed by atoms with Gasteiger partial charge in [0.15, 0.2) is 0 Å². The van der Waals surface area contributed by atoms with Crippen molar-refractivity contribution < 1.29 is 19.4 Å². The van der Waals surface area contributed by atoms with Crippen molar-refractivity contribution in [2.45, 2.75) is 6.92 Å². The molecule has 0 aliphatic heterocycles. The Morgan fingerprint density at radius 3 is 2.57 bits per heavy atom. The van der Waals surface area contributed by atoms with E-state index in [1.165, 1.54) is 19.4 Å². The van der Waals surface area contributed by atoms with Gasteiger partial charge in [-0.05, 0) is 0 Å². The minimum atomic E-state index is 1.48. The molecular formula is C6H7W-. The monoisotopic (exact) mass is 263 g/mol. The van der Waals surface area contributed by atoms with Crippen LogP contribution < -0.4 is 0 Å². The molecule has 0 saturated carbocycles. The number of rotatable bonds is 2. The van der Waals surface area contributed by atoms with E-state index in [0.717, 1.165) is 0 Å². The summed E-state index contributed by atoms with van der Waals surface area (Å²) in [5, 5.41) is 0. The van der Waals surface area contributed by atoms with Gasteiger partial charge in [-0.2, -0.15) is 0 Å². The second-order valence-corrected chi connectivity index (χ2v) is 1.95. The molecule has 0 nitrogen and oxygen atoms in total. The zero-order chi connectivity index (χ0) is 5.54. The number of allylic oxidation sites excluding steroid dienone is 4. The first-order valence-corrected chi connectivity index (χ1v) is 3.72. The van der Waals surface area contributed by atoms with Crippen molar-refractivity contribution in [3.63, 3.8) is 0 Å². The van der Waals surface area contributed by atoms with Crippen LogP contribution in [0.25, 0.3) is 0 Å². The summed E-state index contributed by atoms with van der Waals surface area (Å²) in [7, 11) is 0. The Bertz CT molecular complexity index is 90.4. The topological polar surface area (TPSA) is 0 Å². The van der Waals surface area contributed by atoms with Crippen molar-refractivity contribution >= 4 is 4.40 Å². The molecule has 0 aliphatic carbocycles. The van der Waals surface area contributed by atoms with Gasteiger partial charge in [0.1, 0.15) is 0 Å². The fraction of sp³-hybridized carbons (Fsp3) is 0.167. The van der Waals surface area contributed by atoms with Crippen molar-refractivity contribution in [1.29, 1.82) is 0 Å². The molecule has 1 heteroatoms. The standard InChI is InChI=1S/C6H7.W/c1-3-5-6-4-2;/h1,3,5-6H,2H3;/q-1;/b5-3-;. The summed E-state index contributed by atoms with van der Waals surface area (Å²) < 4.78 is 2.06. The second-order valence-electron chi connectivity index (χ2n) is 0.976. The third-order valence-electron chi connectivity index (χ3n) is 0.453. The maximum absolute atomic E-state index is 2.88. The normalized spacial score (nSPS) is 11.0. The zero-order valence-electron chi connectivity index (χ0n) is 4.22. The molecule has 0 aromatic rings. The number of hydrogen-bond acceptors (Lipinski definition) is 0. The summed E-state index contributed by atoms with van der Waals surface area (Å²) >= 11 is 1.48. The van der Waals surface area contributed by atoms with Crippen molar-refractivity contribution in [2.75, 3.05) is 0 Å². The van der Waals surface area contributed by atoms with E-state index in [4.69, 9.17) is 0 Å². The SMILES string of the molecule is C[C-]=C/C=C\[CH]=[W]. The van der Waals surface area contributed by atoms with E-state index >= 15 is 0 Å². The van der Waals surface area contributed by atoms with Crippen molar-refractivity contribution in [1.82, 2.24) is 0 Å². The molecule has 0 spiro atoms. The van der Waals surface area contributed by atoms with Crippen LogP contribution in [0.3, 0.4) is 0 Å². The molecule has 0 rings (SSSR count). The van der Waals surface area contributed by atoms with Crippen molar-refractivity contribution in [3.8, 4) is 0 Å². The van der Waals surface area contributed by atoms with Crippen LogP contribution in [0.15, 0.2) is 18.2 Å². The first-order chi connectivity index (χ1) is 3.41. The van der Waals surface area contributed by atoms with Crippen LogP contribution in [0.1, 0.15) is 6.92 Å². The molecule has 0 amide bonds. The molecule has 7 heavy (non-hydrogen) atoms. The van der Waals surface area contributed by atoms with Gasteiger partial charge in [-0.3, -0.25) is 0 Å². The van der Waals surface area contributed by atoms with Gasteiger partial charge in [0, 0.05) is 0 Å². The third kappa shape index (κ3) is 6.04. The Kier molecular flexibility index (Phi) is 6.07. The van der Waals surface area contributed by atoms with E-state index in [9.17, 15) is 0 Å². The molecule has 0 saturated heterocycles. The molecule has 0 radical (unpaired) electrons. The van der Waals surface area contributed by atoms with Crippen molar-refractivity contribution in [3.05, 3.63) is 24.3 Å². The van der Waals surface area contributed by atoms with Crippen LogP contribution in [-0.4, -0.2) is 4.40 Å². The fourth-order valence-electron chi connectivity index (χ4n) is 0.197. The van der Waals surface area contributed by atoms with E-state index in [0.29, 0.717) is 0 Å². The van der Waals surface area contributed by atoms with Gasteiger partial charge in [0.25, 0.3) is 0 Å². The van der Waals surface area contributed by atoms with E-state index in [2.05, 4.69) is 10.5 Å². The molecular weight excluding hydrogens is 256 g/mol. The third-order valence-corrected chi connectivity index (χ3v) is 1.02. The van der Waals surface area contributed by atoms with Crippen LogP contribution in [0.2, 0.25) is 0 Å². The zero-order valence-corrected chi connectivity index (χ0v) is 7.15. The summed E-state index contributed by atoms with van der Waals surface area (Å²) in [6.07, 6.45) is 8.74. The van der Waals surface area contributed by atoms with Gasteiger partial charge in [-0.15, -0.1) is 0 Å². The molecule has 0 atom stereocenters. The summed E-state index contributed by atoms with van der Waals surface area (Å²) in [6.45, 7) is 1.88. The first-order valence-electron chi connectivity index (χ1n) is 2.02. The van der Waals surface area contributed by atoms with Crippen LogP contribution in [-0.2, 0) is 19.4 Å². The van der Waals surface area contributed by atoms with Crippen LogP contribution >= 0.6 is 0 Å². The van der Waals surface area contributed by atoms with E-state index in [1.54, 1.807) is 0 Å². The predicted octanol–water partition coefficient (Wildman–Crippen LogP) is 1.27. The average molecular weight is 263 g/mol. The van der Waals surface area contributed by atoms with Crippen LogP contribution in [0.4, 0.5) is 0 Å². The van der Waals surface area contributed by atoms with E-state index in [-0.39, 0.29) is 0 Å². The van der Waals surface area contributed by atoms with E-state index in [1.807, 2.05) is 25.2 Å². The summed E-state index contributed by atoms with van der Waals surface area (Å²) in [5.41, 5.74) is 0. The Morgan fingerprint density at radius 2 is 2.14 bits per heavy atom. The summed E-state index contributed by atoms with van der Waals surface area (Å²) in [6, 6.07) is 0. The molecule has 0 aliphatic rings. The Morgan fingerprint density at radius 1 is 1.43 bits per heavy atom. The molecule has 0 N–H and O–H groups in total. The van der Waals surface area contributed by atoms with Gasteiger partial charge in [-0.25, -0.2) is 0 Å². The van der Waals surface area contributed by atoms with Crippen molar-refractivity contribution in [2.24, 2.45) is 0 Å². The fourth-order valence-corrected chi connectivity index (χ4v) is 0.523. The van der Waals surface area contributed by atoms with Gasteiger partial charge >= 0.3 is 55.0 Å². The predicted molar refractivity (Wildman–Crippen MR) is 28.7 cm³/mol. The van der Waals surface area contributed by atoms with Gasteiger partial charge in [-0.1, -0.05) is 0 Å². The molecule has 38 valence electrons. The Balaban J connectivity index is 3.27. The molecule has 0 unspecified atom stereocenters. The molecule has 0 bridgehead atoms. The minimum absolute atomic E-state index is 1.48. The maximum atomic E-state index is 2.88. The van der Waals surface area contributed by atoms with E-state index < -0.39 is 0 Å². The molecule has 0 aromatic carbocycles. The second kappa shape index (κ2) is 6.04. The Hall–Kier alpha value is 0.0383. The first kappa shape index (κ1) is 7.04. The summed E-state index contributed by atoms with van der Waals surface area (Å²) in [4.78, 5) is 0. The van der Waals surface area contributed by atoms with Crippen LogP contribution in [0, 0.1) is 6.08 Å².